The number of benzene rings is 2. The molecule has 4 aromatic rings. The molecule has 1 aliphatic carbocycles. The molecule has 3 atom stereocenters. The van der Waals surface area contributed by atoms with Gasteiger partial charge in [-0.2, -0.15) is 0 Å². The molecule has 3 heterocycles. The van der Waals surface area contributed by atoms with Crippen LogP contribution < -0.4 is 34.2 Å². The van der Waals surface area contributed by atoms with Crippen LogP contribution in [0.15, 0.2) is 48.5 Å². The normalized spacial score (nSPS) is 19.2. The molecule has 2 aromatic carbocycles. The van der Waals surface area contributed by atoms with Crippen molar-refractivity contribution in [1.82, 2.24) is 15.3 Å². The number of thiazole rings is 1. The largest absolute Gasteiger partial charge is 1.00 e. The van der Waals surface area contributed by atoms with Gasteiger partial charge in [0.2, 0.25) is 0 Å². The fourth-order valence-corrected chi connectivity index (χ4v) is 6.87. The number of fused-ring (bicyclic) bond motifs is 1. The van der Waals surface area contributed by atoms with Crippen LogP contribution in [0.2, 0.25) is 15.1 Å². The Kier molecular flexibility index (Phi) is 8.31. The number of carbonyl (C=O) groups is 2. The Morgan fingerprint density at radius 3 is 2.38 bits per heavy atom. The number of halogens is 3. The number of H-pyrrole nitrogens is 1. The van der Waals surface area contributed by atoms with Gasteiger partial charge in [0.15, 0.2) is 5.13 Å². The summed E-state index contributed by atoms with van der Waals surface area (Å²) < 4.78 is 0. The van der Waals surface area contributed by atoms with E-state index >= 15 is 0 Å². The van der Waals surface area contributed by atoms with Crippen molar-refractivity contribution in [2.24, 2.45) is 11.8 Å². The van der Waals surface area contributed by atoms with Crippen molar-refractivity contribution in [3.05, 3.63) is 91.1 Å². The van der Waals surface area contributed by atoms with Crippen molar-refractivity contribution < 1.29 is 33.6 Å². The summed E-state index contributed by atoms with van der Waals surface area (Å²) in [4.78, 5) is 34.5. The Hall–Kier alpha value is -2.44. The first-order valence-electron chi connectivity index (χ1n) is 12.3. The number of amides is 1. The molecule has 2 fully saturated rings. The molecule has 1 aliphatic heterocycles. The number of anilines is 1. The van der Waals surface area contributed by atoms with E-state index in [0.29, 0.717) is 46.1 Å². The van der Waals surface area contributed by atoms with Crippen LogP contribution in [0.1, 0.15) is 37.1 Å². The summed E-state index contributed by atoms with van der Waals surface area (Å²) in [5, 5.41) is 16.9. The van der Waals surface area contributed by atoms with Gasteiger partial charge >= 0.3 is 18.9 Å². The molecule has 2 aliphatic rings. The summed E-state index contributed by atoms with van der Waals surface area (Å²) in [7, 11) is 0. The summed E-state index contributed by atoms with van der Waals surface area (Å²) in [5.74, 6) is -0.998. The van der Waals surface area contributed by atoms with Crippen molar-refractivity contribution in [2.45, 2.75) is 19.4 Å². The fourth-order valence-electron chi connectivity index (χ4n) is 5.32. The zero-order chi connectivity index (χ0) is 27.4. The first kappa shape index (κ1) is 29.1. The summed E-state index contributed by atoms with van der Waals surface area (Å²) in [6.45, 7) is 3.11. The average molecular weight is 608 g/mol. The van der Waals surface area contributed by atoms with E-state index < -0.39 is 5.97 Å². The average Bonchev–Trinajstić information content (AvgIpc) is 3.27. The minimum absolute atomic E-state index is 0. The van der Waals surface area contributed by atoms with Crippen LogP contribution in [0.4, 0.5) is 5.13 Å². The Morgan fingerprint density at radius 2 is 1.75 bits per heavy atom. The van der Waals surface area contributed by atoms with Gasteiger partial charge < -0.3 is 25.1 Å². The number of hydrogen-bond acceptors (Lipinski definition) is 6. The van der Waals surface area contributed by atoms with Crippen molar-refractivity contribution in [3.8, 4) is 11.1 Å². The smallest absolute Gasteiger partial charge is 0.544 e. The number of aromatic amines is 1. The molecular weight excluding hydrogens is 586 g/mol. The van der Waals surface area contributed by atoms with Gasteiger partial charge in [-0.15, -0.1) is 0 Å². The number of aryl methyl sites for hydroxylation is 1. The number of aromatic carboxylic acids is 1. The Labute approximate surface area is 262 Å². The van der Waals surface area contributed by atoms with E-state index in [2.05, 4.69) is 15.2 Å². The molecular formula is C28H22Cl3LiN4O3S. The number of rotatable bonds is 7. The number of hydrogen-bond donors (Lipinski definition) is 2. The molecule has 200 valence electrons. The maximum Gasteiger partial charge on any atom is 1.00 e. The number of carboxylic acids is 1. The second kappa shape index (κ2) is 11.4. The van der Waals surface area contributed by atoms with Crippen LogP contribution >= 0.6 is 46.1 Å². The number of piperidine rings is 1. The van der Waals surface area contributed by atoms with Crippen LogP contribution in [0.3, 0.4) is 0 Å². The molecule has 6 rings (SSSR count). The van der Waals surface area contributed by atoms with E-state index in [0.717, 1.165) is 28.0 Å². The predicted molar refractivity (Wildman–Crippen MR) is 152 cm³/mol. The summed E-state index contributed by atoms with van der Waals surface area (Å²) in [5.41, 5.74) is 4.32. The second-order valence-electron chi connectivity index (χ2n) is 9.93. The SMILES string of the molecule is Cc1[nH]c(C(=O)N[C@@H]2[C@@H]3CN(c4nc(Cc5cccc(-c6cccc(Cl)c6)c5)c(C(=O)[O-])s4)C[C@@H]32)c(Cl)c1Cl.[Li+]. The molecule has 0 spiro atoms. The quantitative estimate of drug-likeness (QED) is 0.314. The number of nitrogens with one attached hydrogen (secondary N) is 2. The Balaban J connectivity index is 0.00000323. The van der Waals surface area contributed by atoms with Gasteiger partial charge in [0, 0.05) is 48.1 Å². The molecule has 7 nitrogen and oxygen atoms in total. The first-order valence-corrected chi connectivity index (χ1v) is 14.3. The van der Waals surface area contributed by atoms with Crippen LogP contribution in [0, 0.1) is 18.8 Å². The number of carbonyl (C=O) groups excluding carboxylic acids is 2. The van der Waals surface area contributed by atoms with Gasteiger partial charge in [-0.25, -0.2) is 4.98 Å². The van der Waals surface area contributed by atoms with Crippen LogP contribution in [-0.4, -0.2) is 41.0 Å². The zero-order valence-corrected chi connectivity index (χ0v) is 24.7. The van der Waals surface area contributed by atoms with E-state index in [-0.39, 0.29) is 58.2 Å². The summed E-state index contributed by atoms with van der Waals surface area (Å²) >= 11 is 19.6. The van der Waals surface area contributed by atoms with Crippen molar-refractivity contribution in [1.29, 1.82) is 0 Å². The van der Waals surface area contributed by atoms with Crippen molar-refractivity contribution in [2.75, 3.05) is 18.0 Å². The molecule has 2 N–H and O–H groups in total. The number of aromatic nitrogens is 2. The molecule has 1 amide bonds. The van der Waals surface area contributed by atoms with E-state index in [4.69, 9.17) is 39.8 Å². The molecule has 0 bridgehead atoms. The van der Waals surface area contributed by atoms with E-state index in [1.54, 1.807) is 6.92 Å². The van der Waals surface area contributed by atoms with Crippen LogP contribution in [0.5, 0.6) is 0 Å². The van der Waals surface area contributed by atoms with Gasteiger partial charge in [0.1, 0.15) is 5.69 Å². The molecule has 0 radical (unpaired) electrons. The zero-order valence-electron chi connectivity index (χ0n) is 21.6. The Morgan fingerprint density at radius 1 is 1.07 bits per heavy atom. The summed E-state index contributed by atoms with van der Waals surface area (Å²) in [6, 6.07) is 15.5. The Bertz CT molecular complexity index is 1610. The third-order valence-electron chi connectivity index (χ3n) is 7.37. The molecule has 12 heteroatoms. The van der Waals surface area contributed by atoms with Gasteiger partial charge in [-0.3, -0.25) is 4.79 Å². The molecule has 1 saturated carbocycles. The number of nitrogens with zero attached hydrogens (tertiary/aromatic N) is 2. The maximum atomic E-state index is 12.7. The topological polar surface area (TPSA) is 101 Å². The third kappa shape index (κ3) is 5.54. The van der Waals surface area contributed by atoms with Crippen molar-refractivity contribution in [3.63, 3.8) is 0 Å². The second-order valence-corrected chi connectivity index (χ2v) is 12.1. The van der Waals surface area contributed by atoms with Crippen LogP contribution in [0.25, 0.3) is 11.1 Å². The van der Waals surface area contributed by atoms with Gasteiger partial charge in [0.25, 0.3) is 5.91 Å². The standard InChI is InChI=1S/C28H23Cl3N4O3S.Li/c1-13-21(30)22(31)24(32-13)26(36)34-23-18-11-35(12-19(18)23)28-33-20(25(39-28)27(37)38)9-14-4-2-5-15(8-14)16-6-3-7-17(29)10-16;/h2-8,10,18-19,23,32H,9,11-12H2,1H3,(H,34,36)(H,37,38);/q;+1/p-1/t18-,19+,23-;. The monoisotopic (exact) mass is 606 g/mol. The van der Waals surface area contributed by atoms with Crippen molar-refractivity contribution >= 4 is 63.1 Å². The molecule has 2 aromatic heterocycles. The minimum Gasteiger partial charge on any atom is -0.544 e. The molecule has 0 unspecified atom stereocenters. The van der Waals surface area contributed by atoms with E-state index in [1.807, 2.05) is 48.5 Å². The molecule has 1 saturated heterocycles. The molecule has 40 heavy (non-hydrogen) atoms. The summed E-state index contributed by atoms with van der Waals surface area (Å²) in [6.07, 6.45) is 0.368. The van der Waals surface area contributed by atoms with Crippen LogP contribution in [-0.2, 0) is 6.42 Å². The van der Waals surface area contributed by atoms with E-state index in [9.17, 15) is 14.7 Å². The number of carboxylic acid groups (broad SMARTS) is 1. The van der Waals surface area contributed by atoms with Gasteiger partial charge in [0.05, 0.1) is 26.6 Å². The van der Waals surface area contributed by atoms with Gasteiger partial charge in [-0.1, -0.05) is 82.5 Å². The van der Waals surface area contributed by atoms with Gasteiger partial charge in [-0.05, 0) is 35.7 Å². The predicted octanol–water partition coefficient (Wildman–Crippen LogP) is 2.23. The maximum absolute atomic E-state index is 12.7. The van der Waals surface area contributed by atoms with E-state index in [1.165, 1.54) is 0 Å². The third-order valence-corrected chi connectivity index (χ3v) is 9.69. The fraction of sp³-hybridized carbons (Fsp3) is 0.250. The first-order chi connectivity index (χ1) is 18.7. The minimum atomic E-state index is -1.23.